The molecule has 0 amide bonds. The van der Waals surface area contributed by atoms with E-state index in [0.29, 0.717) is 12.6 Å². The molecule has 0 aromatic heterocycles. The zero-order chi connectivity index (χ0) is 27.7. The minimum Gasteiger partial charge on any atom is -0.400 e. The number of aliphatic hydroxyl groups excluding tert-OH is 1. The van der Waals surface area contributed by atoms with Gasteiger partial charge in [0.15, 0.2) is 0 Å². The van der Waals surface area contributed by atoms with Crippen molar-refractivity contribution in [3.63, 3.8) is 0 Å². The first-order valence-corrected chi connectivity index (χ1v) is 13.1. The fourth-order valence-corrected chi connectivity index (χ4v) is 2.06. The molecule has 0 radical (unpaired) electrons. The zero-order valence-electron chi connectivity index (χ0n) is 24.7. The molecule has 0 bridgehead atoms. The summed E-state index contributed by atoms with van der Waals surface area (Å²) >= 11 is 0. The zero-order valence-corrected chi connectivity index (χ0v) is 24.7. The summed E-state index contributed by atoms with van der Waals surface area (Å²) in [7, 11) is 1.00. The Labute approximate surface area is 220 Å². The lowest BCUT2D eigenvalue weighted by atomic mass is 10.2. The van der Waals surface area contributed by atoms with Gasteiger partial charge in [-0.05, 0) is 83.3 Å². The number of terminal acetylenes is 1. The van der Waals surface area contributed by atoms with Crippen molar-refractivity contribution in [1.29, 1.82) is 0 Å². The molecule has 35 heavy (non-hydrogen) atoms. The highest BCUT2D eigenvalue weighted by Crippen LogP contribution is 2.03. The molecule has 1 aliphatic carbocycles. The number of aliphatic hydroxyl groups is 1. The molecule has 0 aromatic rings. The van der Waals surface area contributed by atoms with Gasteiger partial charge in [-0.1, -0.05) is 77.2 Å². The Bertz CT molecular complexity index is 586. The number of rotatable bonds is 10. The highest BCUT2D eigenvalue weighted by molar-refractivity contribution is 5.27. The summed E-state index contributed by atoms with van der Waals surface area (Å²) in [5.74, 6) is 3.44. The lowest BCUT2D eigenvalue weighted by molar-refractivity contribution is 0.399. The minimum absolute atomic E-state index is 0.313. The van der Waals surface area contributed by atoms with Gasteiger partial charge in [-0.2, -0.15) is 0 Å². The van der Waals surface area contributed by atoms with Crippen LogP contribution < -0.4 is 16.0 Å². The summed E-state index contributed by atoms with van der Waals surface area (Å²) in [6.45, 7) is 22.1. The van der Waals surface area contributed by atoms with Crippen molar-refractivity contribution in [3.8, 4) is 12.3 Å². The largest absolute Gasteiger partial charge is 0.400 e. The first-order chi connectivity index (χ1) is 16.8. The highest BCUT2D eigenvalue weighted by atomic mass is 16.2. The molecular formula is C31H59N3O. The summed E-state index contributed by atoms with van der Waals surface area (Å²) in [6, 6.07) is 0. The Kier molecular flexibility index (Phi) is 41.9. The summed E-state index contributed by atoms with van der Waals surface area (Å²) < 4.78 is 0. The quantitative estimate of drug-likeness (QED) is 0.114. The van der Waals surface area contributed by atoms with Crippen molar-refractivity contribution in [2.24, 2.45) is 5.92 Å². The van der Waals surface area contributed by atoms with E-state index in [-0.39, 0.29) is 0 Å². The van der Waals surface area contributed by atoms with E-state index in [0.717, 1.165) is 45.5 Å². The number of allylic oxidation sites excluding steroid dienone is 7. The molecule has 0 saturated heterocycles. The number of hydrogen-bond donors (Lipinski definition) is 4. The van der Waals surface area contributed by atoms with E-state index in [1.807, 2.05) is 39.1 Å². The fourth-order valence-electron chi connectivity index (χ4n) is 2.06. The molecule has 204 valence electrons. The second kappa shape index (κ2) is 36.5. The van der Waals surface area contributed by atoms with Crippen molar-refractivity contribution < 1.29 is 5.11 Å². The van der Waals surface area contributed by atoms with Gasteiger partial charge in [-0.15, -0.1) is 12.3 Å². The molecule has 4 nitrogen and oxygen atoms in total. The van der Waals surface area contributed by atoms with Crippen LogP contribution in [0.15, 0.2) is 59.9 Å². The molecule has 1 atom stereocenters. The van der Waals surface area contributed by atoms with E-state index in [1.54, 1.807) is 0 Å². The number of hydrogen-bond acceptors (Lipinski definition) is 4. The van der Waals surface area contributed by atoms with Crippen LogP contribution in [0.1, 0.15) is 88.0 Å². The van der Waals surface area contributed by atoms with E-state index >= 15 is 0 Å². The van der Waals surface area contributed by atoms with Crippen LogP contribution in [0.2, 0.25) is 0 Å². The standard InChI is InChI=1S/C11H20N2.C11H17N.C4H10.C4H8.CH4O/c1-5-7-10(3)9-13-11(4)12-8-6-2;1-2-9-12-10-11-7-5-3-4-6-8-11;1-4(2)3;1-3-4-2;1-2/h1,9,11-13H,6-8H2,2-4H3;3-5,7-8,12H,2,6,9-10H2,1H3;4H,1-3H3;3-4H,1-2H3;2H,1H3/b10-9+;;;4-3-;. The van der Waals surface area contributed by atoms with Gasteiger partial charge in [0.25, 0.3) is 0 Å². The van der Waals surface area contributed by atoms with E-state index < -0.39 is 0 Å². The summed E-state index contributed by atoms with van der Waals surface area (Å²) in [4.78, 5) is 0. The molecule has 0 aliphatic heterocycles. The first-order valence-electron chi connectivity index (χ1n) is 13.1. The molecule has 0 fully saturated rings. The molecule has 1 aliphatic rings. The average molecular weight is 490 g/mol. The van der Waals surface area contributed by atoms with Gasteiger partial charge in [0.2, 0.25) is 0 Å². The van der Waals surface area contributed by atoms with Crippen LogP contribution in [0.5, 0.6) is 0 Å². The van der Waals surface area contributed by atoms with Crippen LogP contribution in [-0.4, -0.2) is 38.0 Å². The molecule has 0 spiro atoms. The average Bonchev–Trinajstić information content (AvgIpc) is 3.12. The third kappa shape index (κ3) is 46.0. The molecule has 4 heteroatoms. The van der Waals surface area contributed by atoms with E-state index in [9.17, 15) is 0 Å². The van der Waals surface area contributed by atoms with Crippen LogP contribution in [0.25, 0.3) is 0 Å². The Balaban J connectivity index is -0.000000200. The summed E-state index contributed by atoms with van der Waals surface area (Å²) in [5, 5.41) is 16.9. The molecule has 0 saturated carbocycles. The highest BCUT2D eigenvalue weighted by Gasteiger charge is 1.95. The van der Waals surface area contributed by atoms with Crippen LogP contribution >= 0.6 is 0 Å². The van der Waals surface area contributed by atoms with Crippen molar-refractivity contribution in [2.45, 2.75) is 94.2 Å². The van der Waals surface area contributed by atoms with Gasteiger partial charge in [0.05, 0.1) is 6.17 Å². The number of nitrogens with one attached hydrogen (secondary N) is 3. The lowest BCUT2D eigenvalue weighted by Crippen LogP contribution is -2.37. The Morgan fingerprint density at radius 2 is 1.63 bits per heavy atom. The molecule has 1 rings (SSSR count). The maximum Gasteiger partial charge on any atom is 0.0734 e. The molecule has 0 aromatic carbocycles. The van der Waals surface area contributed by atoms with Gasteiger partial charge in [0, 0.05) is 20.1 Å². The molecular weight excluding hydrogens is 430 g/mol. The second-order valence-electron chi connectivity index (χ2n) is 8.59. The van der Waals surface area contributed by atoms with Crippen molar-refractivity contribution >= 4 is 0 Å². The summed E-state index contributed by atoms with van der Waals surface area (Å²) in [6.07, 6.45) is 26.4. The van der Waals surface area contributed by atoms with Crippen molar-refractivity contribution in [3.05, 3.63) is 59.9 Å². The summed E-state index contributed by atoms with van der Waals surface area (Å²) in [5.41, 5.74) is 2.58. The Hall–Kier alpha value is -2.06. The Morgan fingerprint density at radius 3 is 2.11 bits per heavy atom. The van der Waals surface area contributed by atoms with E-state index in [4.69, 9.17) is 11.5 Å². The molecule has 0 heterocycles. The molecule has 4 N–H and O–H groups in total. The topological polar surface area (TPSA) is 56.3 Å². The SMILES string of the molecule is C#CC/C(C)=C/NC(C)NCCC.C/C=C\C.CC(C)C.CCCNCC1=CCC=CC=C1.CO. The molecule has 1 unspecified atom stereocenters. The van der Waals surface area contributed by atoms with Crippen LogP contribution in [0.3, 0.4) is 0 Å². The van der Waals surface area contributed by atoms with Crippen LogP contribution in [-0.2, 0) is 0 Å². The van der Waals surface area contributed by atoms with Crippen molar-refractivity contribution in [1.82, 2.24) is 16.0 Å². The van der Waals surface area contributed by atoms with E-state index in [2.05, 4.69) is 93.8 Å². The third-order valence-corrected chi connectivity index (χ3v) is 3.82. The van der Waals surface area contributed by atoms with Crippen molar-refractivity contribution in [2.75, 3.05) is 26.7 Å². The fraction of sp³-hybridized carbons (Fsp3) is 0.613. The predicted octanol–water partition coefficient (Wildman–Crippen LogP) is 7.13. The van der Waals surface area contributed by atoms with Gasteiger partial charge in [0.1, 0.15) is 0 Å². The van der Waals surface area contributed by atoms with Gasteiger partial charge >= 0.3 is 0 Å². The second-order valence-corrected chi connectivity index (χ2v) is 8.59. The predicted molar refractivity (Wildman–Crippen MR) is 161 cm³/mol. The minimum atomic E-state index is 0.313. The maximum absolute atomic E-state index is 7.00. The first kappa shape index (κ1) is 40.1. The van der Waals surface area contributed by atoms with E-state index in [1.165, 1.54) is 17.6 Å². The lowest BCUT2D eigenvalue weighted by Gasteiger charge is -2.13. The van der Waals surface area contributed by atoms with Gasteiger partial charge in [-0.3, -0.25) is 5.32 Å². The third-order valence-electron chi connectivity index (χ3n) is 3.82. The Morgan fingerprint density at radius 1 is 1.06 bits per heavy atom. The normalized spacial score (nSPS) is 12.8. The van der Waals surface area contributed by atoms with Crippen LogP contribution in [0, 0.1) is 18.3 Å². The van der Waals surface area contributed by atoms with Gasteiger partial charge in [-0.25, -0.2) is 0 Å². The smallest absolute Gasteiger partial charge is 0.0734 e. The monoisotopic (exact) mass is 489 g/mol. The maximum atomic E-state index is 7.00. The van der Waals surface area contributed by atoms with Crippen LogP contribution in [0.4, 0.5) is 0 Å². The van der Waals surface area contributed by atoms with Gasteiger partial charge < -0.3 is 15.7 Å².